The first kappa shape index (κ1) is 23.6. The van der Waals surface area contributed by atoms with E-state index in [4.69, 9.17) is 4.74 Å². The molecule has 2 aromatic heterocycles. The smallest absolute Gasteiger partial charge is 0.244 e. The quantitative estimate of drug-likeness (QED) is 0.596. The van der Waals surface area contributed by atoms with Gasteiger partial charge >= 0.3 is 0 Å². The second kappa shape index (κ2) is 10.1. The Labute approximate surface area is 193 Å². The lowest BCUT2D eigenvalue weighted by atomic mass is 10.2. The molecule has 0 N–H and O–H groups in total. The van der Waals surface area contributed by atoms with Crippen molar-refractivity contribution in [2.24, 2.45) is 0 Å². The topological polar surface area (TPSA) is 110 Å². The number of hydrogen-bond donors (Lipinski definition) is 0. The maximum Gasteiger partial charge on any atom is 0.244 e. The summed E-state index contributed by atoms with van der Waals surface area (Å²) >= 11 is 1.24. The molecule has 0 amide bonds. The van der Waals surface area contributed by atoms with Gasteiger partial charge < -0.3 is 4.74 Å². The number of morpholine rings is 1. The zero-order valence-corrected chi connectivity index (χ0v) is 20.0. The van der Waals surface area contributed by atoms with Crippen LogP contribution in [0.3, 0.4) is 0 Å². The van der Waals surface area contributed by atoms with Crippen LogP contribution in [0.2, 0.25) is 0 Å². The Morgan fingerprint density at radius 2 is 1.16 bits per heavy atom. The van der Waals surface area contributed by atoms with E-state index in [1.54, 1.807) is 22.5 Å². The van der Waals surface area contributed by atoms with Crippen molar-refractivity contribution < 1.29 is 21.6 Å². The molecule has 174 valence electrons. The molecule has 0 aromatic carbocycles. The predicted octanol–water partition coefficient (Wildman–Crippen LogP) is 2.21. The first-order valence-electron chi connectivity index (χ1n) is 10.6. The first-order valence-corrected chi connectivity index (χ1v) is 14.2. The van der Waals surface area contributed by atoms with Crippen molar-refractivity contribution in [2.45, 2.75) is 45.5 Å². The molecule has 0 aliphatic carbocycles. The number of nitrogens with zero attached hydrogens (tertiary/aromatic N) is 4. The van der Waals surface area contributed by atoms with E-state index >= 15 is 0 Å². The van der Waals surface area contributed by atoms with Gasteiger partial charge in [-0.05, 0) is 37.1 Å². The Kier molecular flexibility index (Phi) is 7.47. The molecular formula is C20H26N4O5S3. The van der Waals surface area contributed by atoms with Crippen LogP contribution in [0.4, 0.5) is 0 Å². The van der Waals surface area contributed by atoms with Crippen LogP contribution in [0.5, 0.6) is 0 Å². The van der Waals surface area contributed by atoms with Crippen LogP contribution in [0.1, 0.15) is 25.7 Å². The van der Waals surface area contributed by atoms with Gasteiger partial charge in [-0.3, -0.25) is 0 Å². The molecule has 9 nitrogen and oxygen atoms in total. The molecule has 2 saturated heterocycles. The zero-order valence-electron chi connectivity index (χ0n) is 17.6. The lowest BCUT2D eigenvalue weighted by Crippen LogP contribution is -2.40. The van der Waals surface area contributed by atoms with E-state index in [2.05, 4.69) is 9.97 Å². The van der Waals surface area contributed by atoms with Crippen molar-refractivity contribution >= 4 is 31.8 Å². The first-order chi connectivity index (χ1) is 15.4. The minimum atomic E-state index is -3.59. The maximum atomic E-state index is 12.9. The summed E-state index contributed by atoms with van der Waals surface area (Å²) in [6.45, 7) is 2.52. The fourth-order valence-corrected chi connectivity index (χ4v) is 7.15. The van der Waals surface area contributed by atoms with Crippen LogP contribution in [-0.2, 0) is 24.8 Å². The van der Waals surface area contributed by atoms with Gasteiger partial charge in [0, 0.05) is 38.6 Å². The van der Waals surface area contributed by atoms with Crippen molar-refractivity contribution in [1.29, 1.82) is 0 Å². The van der Waals surface area contributed by atoms with E-state index in [1.807, 2.05) is 0 Å². The summed E-state index contributed by atoms with van der Waals surface area (Å²) in [6.07, 6.45) is 6.58. The third-order valence-corrected chi connectivity index (χ3v) is 10.1. The van der Waals surface area contributed by atoms with Crippen molar-refractivity contribution in [3.63, 3.8) is 0 Å². The highest BCUT2D eigenvalue weighted by Crippen LogP contribution is 2.27. The van der Waals surface area contributed by atoms with Crippen molar-refractivity contribution in [3.8, 4) is 0 Å². The molecule has 4 rings (SSSR count). The zero-order chi connectivity index (χ0) is 22.6. The number of pyridine rings is 2. The molecule has 2 aromatic rings. The van der Waals surface area contributed by atoms with Crippen LogP contribution in [0.25, 0.3) is 0 Å². The molecule has 0 spiro atoms. The Morgan fingerprint density at radius 1 is 0.688 bits per heavy atom. The largest absolute Gasteiger partial charge is 0.379 e. The number of sulfonamides is 2. The van der Waals surface area contributed by atoms with E-state index in [0.29, 0.717) is 49.4 Å². The minimum Gasteiger partial charge on any atom is -0.379 e. The van der Waals surface area contributed by atoms with Gasteiger partial charge in [0.1, 0.15) is 19.8 Å². The third-order valence-electron chi connectivity index (χ3n) is 5.44. The molecule has 0 radical (unpaired) electrons. The van der Waals surface area contributed by atoms with Crippen molar-refractivity contribution in [3.05, 3.63) is 36.7 Å². The minimum absolute atomic E-state index is 0.135. The van der Waals surface area contributed by atoms with E-state index in [-0.39, 0.29) is 9.79 Å². The normalized spacial score (nSPS) is 19.5. The molecule has 32 heavy (non-hydrogen) atoms. The summed E-state index contributed by atoms with van der Waals surface area (Å²) in [5.41, 5.74) is 0. The Bertz CT molecular complexity index is 1110. The SMILES string of the molecule is O=S(=O)(c1ccc(Sc2ccc(S(=O)(=O)N3CCOCC3)cn2)nc1)N1CCCCCC1. The number of aromatic nitrogens is 2. The monoisotopic (exact) mass is 498 g/mol. The van der Waals surface area contributed by atoms with Gasteiger partial charge in [-0.15, -0.1) is 0 Å². The second-order valence-corrected chi connectivity index (χ2v) is 12.5. The molecule has 2 fully saturated rings. The van der Waals surface area contributed by atoms with E-state index in [1.165, 1.54) is 34.5 Å². The van der Waals surface area contributed by atoms with Crippen LogP contribution in [-0.4, -0.2) is 74.8 Å². The van der Waals surface area contributed by atoms with Gasteiger partial charge in [-0.2, -0.15) is 8.61 Å². The van der Waals surface area contributed by atoms with E-state index in [9.17, 15) is 16.8 Å². The van der Waals surface area contributed by atoms with Crippen LogP contribution >= 0.6 is 11.8 Å². The second-order valence-electron chi connectivity index (χ2n) is 7.60. The lowest BCUT2D eigenvalue weighted by molar-refractivity contribution is 0.0730. The summed E-state index contributed by atoms with van der Waals surface area (Å²) in [7, 11) is -7.13. The van der Waals surface area contributed by atoms with Gasteiger partial charge in [0.2, 0.25) is 20.0 Å². The Hall–Kier alpha value is -1.57. The number of hydrogen-bond acceptors (Lipinski definition) is 8. The highest BCUT2D eigenvalue weighted by Gasteiger charge is 2.27. The fourth-order valence-electron chi connectivity index (χ4n) is 3.63. The summed E-state index contributed by atoms with van der Waals surface area (Å²) in [5, 5.41) is 1.15. The molecular weight excluding hydrogens is 472 g/mol. The van der Waals surface area contributed by atoms with Crippen LogP contribution in [0, 0.1) is 0 Å². The molecule has 4 heterocycles. The van der Waals surface area contributed by atoms with Gasteiger partial charge in [0.25, 0.3) is 0 Å². The van der Waals surface area contributed by atoms with E-state index < -0.39 is 20.0 Å². The average molecular weight is 499 g/mol. The fraction of sp³-hybridized carbons (Fsp3) is 0.500. The van der Waals surface area contributed by atoms with Crippen molar-refractivity contribution in [2.75, 3.05) is 39.4 Å². The van der Waals surface area contributed by atoms with Crippen LogP contribution < -0.4 is 0 Å². The molecule has 0 unspecified atom stereocenters. The summed E-state index contributed by atoms with van der Waals surface area (Å²) in [6, 6.07) is 6.36. The summed E-state index contributed by atoms with van der Waals surface area (Å²) in [5.74, 6) is 0. The molecule has 0 atom stereocenters. The third kappa shape index (κ3) is 5.32. The molecule has 0 saturated carbocycles. The standard InChI is InChI=1S/C20H26N4O5S3/c25-31(26,23-9-3-1-2-4-10-23)17-5-7-19(21-15-17)30-20-8-6-18(16-22-20)32(27,28)24-11-13-29-14-12-24/h5-8,15-16H,1-4,9-14H2. The number of ether oxygens (including phenoxy) is 1. The Morgan fingerprint density at radius 3 is 1.59 bits per heavy atom. The molecule has 0 bridgehead atoms. The maximum absolute atomic E-state index is 12.9. The van der Waals surface area contributed by atoms with Crippen LogP contribution in [0.15, 0.2) is 56.5 Å². The lowest BCUT2D eigenvalue weighted by Gasteiger charge is -2.25. The highest BCUT2D eigenvalue weighted by atomic mass is 32.2. The summed E-state index contributed by atoms with van der Waals surface area (Å²) in [4.78, 5) is 8.85. The average Bonchev–Trinajstić information content (AvgIpc) is 3.11. The molecule has 2 aliphatic heterocycles. The number of rotatable bonds is 6. The highest BCUT2D eigenvalue weighted by molar-refractivity contribution is 7.99. The Balaban J connectivity index is 1.43. The van der Waals surface area contributed by atoms with E-state index in [0.717, 1.165) is 25.7 Å². The van der Waals surface area contributed by atoms with Gasteiger partial charge in [0.15, 0.2) is 0 Å². The van der Waals surface area contributed by atoms with Crippen molar-refractivity contribution in [1.82, 2.24) is 18.6 Å². The molecule has 2 aliphatic rings. The molecule has 12 heteroatoms. The predicted molar refractivity (Wildman–Crippen MR) is 119 cm³/mol. The van der Waals surface area contributed by atoms with Gasteiger partial charge in [-0.25, -0.2) is 26.8 Å². The van der Waals surface area contributed by atoms with Gasteiger partial charge in [0.05, 0.1) is 13.2 Å². The summed E-state index contributed by atoms with van der Waals surface area (Å²) < 4.78 is 59.3. The van der Waals surface area contributed by atoms with Gasteiger partial charge in [-0.1, -0.05) is 24.6 Å².